The van der Waals surface area contributed by atoms with E-state index in [-0.39, 0.29) is 5.56 Å². The van der Waals surface area contributed by atoms with Crippen LogP contribution in [0.1, 0.15) is 21.5 Å². The van der Waals surface area contributed by atoms with Gasteiger partial charge < -0.3 is 9.84 Å². The second kappa shape index (κ2) is 4.76. The summed E-state index contributed by atoms with van der Waals surface area (Å²) in [7, 11) is 3.36. The zero-order valence-electron chi connectivity index (χ0n) is 11.4. The first-order chi connectivity index (χ1) is 8.97. The molecule has 2 aromatic rings. The monoisotopic (exact) mass is 260 g/mol. The smallest absolute Gasteiger partial charge is 0.339 e. The lowest BCUT2D eigenvalue weighted by atomic mass is 9.98. The normalized spacial score (nSPS) is 10.5. The third-order valence-electron chi connectivity index (χ3n) is 3.38. The number of carboxylic acid groups (broad SMARTS) is 1. The molecule has 19 heavy (non-hydrogen) atoms. The van der Waals surface area contributed by atoms with E-state index in [1.54, 1.807) is 18.8 Å². The SMILES string of the molecule is COc1ccc(-c2c(C(=O)O)cnn2C)c(C)c1C. The Bertz CT molecular complexity index is 644. The maximum absolute atomic E-state index is 11.2. The van der Waals surface area contributed by atoms with E-state index >= 15 is 0 Å². The minimum atomic E-state index is -0.976. The van der Waals surface area contributed by atoms with Gasteiger partial charge in [-0.25, -0.2) is 4.79 Å². The molecule has 0 radical (unpaired) electrons. The number of carbonyl (C=O) groups is 1. The van der Waals surface area contributed by atoms with Gasteiger partial charge in [0.15, 0.2) is 0 Å². The van der Waals surface area contributed by atoms with E-state index in [1.165, 1.54) is 6.20 Å². The summed E-state index contributed by atoms with van der Waals surface area (Å²) in [4.78, 5) is 11.2. The van der Waals surface area contributed by atoms with Gasteiger partial charge >= 0.3 is 5.97 Å². The molecule has 0 aliphatic carbocycles. The summed E-state index contributed by atoms with van der Waals surface area (Å²) in [5.74, 6) is -0.184. The van der Waals surface area contributed by atoms with E-state index in [4.69, 9.17) is 4.74 Å². The van der Waals surface area contributed by atoms with Crippen molar-refractivity contribution in [1.82, 2.24) is 9.78 Å². The molecule has 1 N–H and O–H groups in total. The number of aromatic carboxylic acids is 1. The molecule has 2 rings (SSSR count). The predicted octanol–water partition coefficient (Wildman–Crippen LogP) is 2.41. The van der Waals surface area contributed by atoms with Gasteiger partial charge in [-0.3, -0.25) is 4.68 Å². The molecule has 5 heteroatoms. The number of ether oxygens (including phenoxy) is 1. The fraction of sp³-hybridized carbons (Fsp3) is 0.286. The second-order valence-corrected chi connectivity index (χ2v) is 4.40. The number of carboxylic acids is 1. The highest BCUT2D eigenvalue weighted by Crippen LogP contribution is 2.32. The number of methoxy groups -OCH3 is 1. The molecule has 1 aromatic heterocycles. The lowest BCUT2D eigenvalue weighted by Crippen LogP contribution is -2.03. The molecule has 0 atom stereocenters. The lowest BCUT2D eigenvalue weighted by molar-refractivity contribution is 0.0697. The van der Waals surface area contributed by atoms with Gasteiger partial charge in [-0.15, -0.1) is 0 Å². The van der Waals surface area contributed by atoms with E-state index in [9.17, 15) is 9.90 Å². The fourth-order valence-electron chi connectivity index (χ4n) is 2.19. The summed E-state index contributed by atoms with van der Waals surface area (Å²) in [6, 6.07) is 3.71. The summed E-state index contributed by atoms with van der Waals surface area (Å²) in [6.07, 6.45) is 1.37. The van der Waals surface area contributed by atoms with E-state index in [1.807, 2.05) is 26.0 Å². The van der Waals surface area contributed by atoms with Crippen LogP contribution in [-0.4, -0.2) is 28.0 Å². The van der Waals surface area contributed by atoms with Gasteiger partial charge in [0.25, 0.3) is 0 Å². The summed E-state index contributed by atoms with van der Waals surface area (Å²) >= 11 is 0. The van der Waals surface area contributed by atoms with Crippen LogP contribution < -0.4 is 4.74 Å². The van der Waals surface area contributed by atoms with Crippen molar-refractivity contribution in [1.29, 1.82) is 0 Å². The molecule has 5 nitrogen and oxygen atoms in total. The number of aromatic nitrogens is 2. The van der Waals surface area contributed by atoms with Crippen molar-refractivity contribution in [2.45, 2.75) is 13.8 Å². The first-order valence-electron chi connectivity index (χ1n) is 5.87. The highest BCUT2D eigenvalue weighted by atomic mass is 16.5. The van der Waals surface area contributed by atoms with Crippen LogP contribution in [0.5, 0.6) is 5.75 Å². The topological polar surface area (TPSA) is 64.3 Å². The van der Waals surface area contributed by atoms with Crippen molar-refractivity contribution in [3.8, 4) is 17.0 Å². The molecular formula is C14H16N2O3. The van der Waals surface area contributed by atoms with E-state index in [0.29, 0.717) is 5.69 Å². The van der Waals surface area contributed by atoms with Crippen molar-refractivity contribution in [2.75, 3.05) is 7.11 Å². The molecule has 0 unspecified atom stereocenters. The molecule has 100 valence electrons. The molecule has 0 bridgehead atoms. The number of hydrogen-bond acceptors (Lipinski definition) is 3. The van der Waals surface area contributed by atoms with Crippen molar-refractivity contribution in [3.05, 3.63) is 35.0 Å². The summed E-state index contributed by atoms with van der Waals surface area (Å²) in [5.41, 5.74) is 3.66. The summed E-state index contributed by atoms with van der Waals surface area (Å²) in [6.45, 7) is 3.90. The number of benzene rings is 1. The van der Waals surface area contributed by atoms with Gasteiger partial charge in [-0.05, 0) is 37.1 Å². The maximum Gasteiger partial charge on any atom is 0.339 e. The summed E-state index contributed by atoms with van der Waals surface area (Å²) < 4.78 is 6.85. The van der Waals surface area contributed by atoms with Gasteiger partial charge in [-0.2, -0.15) is 5.10 Å². The molecule has 0 saturated carbocycles. The predicted molar refractivity (Wildman–Crippen MR) is 71.6 cm³/mol. The average Bonchev–Trinajstić information content (AvgIpc) is 2.75. The van der Waals surface area contributed by atoms with E-state index in [2.05, 4.69) is 5.10 Å². The highest BCUT2D eigenvalue weighted by Gasteiger charge is 2.19. The van der Waals surface area contributed by atoms with E-state index in [0.717, 1.165) is 22.4 Å². The molecule has 0 saturated heterocycles. The molecule has 1 heterocycles. The minimum Gasteiger partial charge on any atom is -0.496 e. The lowest BCUT2D eigenvalue weighted by Gasteiger charge is -2.13. The Kier molecular flexibility index (Phi) is 3.29. The van der Waals surface area contributed by atoms with Gasteiger partial charge in [-0.1, -0.05) is 0 Å². The largest absolute Gasteiger partial charge is 0.496 e. The van der Waals surface area contributed by atoms with Gasteiger partial charge in [0, 0.05) is 12.6 Å². The second-order valence-electron chi connectivity index (χ2n) is 4.40. The molecule has 0 spiro atoms. The quantitative estimate of drug-likeness (QED) is 0.920. The molecule has 1 aromatic carbocycles. The minimum absolute atomic E-state index is 0.204. The number of nitrogens with zero attached hydrogens (tertiary/aromatic N) is 2. The Hall–Kier alpha value is -2.30. The molecule has 0 aliphatic rings. The fourth-order valence-corrected chi connectivity index (χ4v) is 2.19. The standard InChI is InChI=1S/C14H16N2O3/c1-8-9(2)12(19-4)6-5-10(8)13-11(14(17)18)7-15-16(13)3/h5-7H,1-4H3,(H,17,18). The molecule has 0 aliphatic heterocycles. The molecule has 0 fully saturated rings. The Morgan fingerprint density at radius 3 is 2.58 bits per heavy atom. The van der Waals surface area contributed by atoms with Crippen molar-refractivity contribution in [2.24, 2.45) is 7.05 Å². The number of aryl methyl sites for hydroxylation is 1. The van der Waals surface area contributed by atoms with Gasteiger partial charge in [0.05, 0.1) is 19.0 Å². The Balaban J connectivity index is 2.70. The van der Waals surface area contributed by atoms with Crippen LogP contribution in [0.3, 0.4) is 0 Å². The van der Waals surface area contributed by atoms with Gasteiger partial charge in [0.2, 0.25) is 0 Å². The zero-order chi connectivity index (χ0) is 14.2. The Morgan fingerprint density at radius 1 is 1.32 bits per heavy atom. The third kappa shape index (κ3) is 2.07. The van der Waals surface area contributed by atoms with Crippen molar-refractivity contribution < 1.29 is 14.6 Å². The van der Waals surface area contributed by atoms with Crippen LogP contribution in [0.15, 0.2) is 18.3 Å². The third-order valence-corrected chi connectivity index (χ3v) is 3.38. The van der Waals surface area contributed by atoms with E-state index < -0.39 is 5.97 Å². The number of rotatable bonds is 3. The van der Waals surface area contributed by atoms with Crippen molar-refractivity contribution >= 4 is 5.97 Å². The van der Waals surface area contributed by atoms with Crippen LogP contribution >= 0.6 is 0 Å². The van der Waals surface area contributed by atoms with Crippen LogP contribution in [0.25, 0.3) is 11.3 Å². The Labute approximate surface area is 111 Å². The first kappa shape index (κ1) is 13.1. The van der Waals surface area contributed by atoms with Crippen molar-refractivity contribution in [3.63, 3.8) is 0 Å². The Morgan fingerprint density at radius 2 is 2.00 bits per heavy atom. The first-order valence-corrected chi connectivity index (χ1v) is 5.87. The number of hydrogen-bond donors (Lipinski definition) is 1. The maximum atomic E-state index is 11.2. The van der Waals surface area contributed by atoms with Crippen LogP contribution in [0.2, 0.25) is 0 Å². The van der Waals surface area contributed by atoms with Crippen LogP contribution in [-0.2, 0) is 7.05 Å². The van der Waals surface area contributed by atoms with Gasteiger partial charge in [0.1, 0.15) is 11.3 Å². The molecule has 0 amide bonds. The molecular weight excluding hydrogens is 244 g/mol. The summed E-state index contributed by atoms with van der Waals surface area (Å²) in [5, 5.41) is 13.3. The highest BCUT2D eigenvalue weighted by molar-refractivity contribution is 5.95. The van der Waals surface area contributed by atoms with Crippen LogP contribution in [0, 0.1) is 13.8 Å². The average molecular weight is 260 g/mol. The zero-order valence-corrected chi connectivity index (χ0v) is 11.4. The van der Waals surface area contributed by atoms with Crippen LogP contribution in [0.4, 0.5) is 0 Å².